The van der Waals surface area contributed by atoms with Gasteiger partial charge in [0, 0.05) is 16.6 Å². The molecule has 86 valence electrons. The van der Waals surface area contributed by atoms with Crippen LogP contribution in [0.4, 0.5) is 0 Å². The van der Waals surface area contributed by atoms with Crippen LogP contribution in [-0.2, 0) is 0 Å². The van der Waals surface area contributed by atoms with Crippen molar-refractivity contribution in [1.29, 1.82) is 0 Å². The topological polar surface area (TPSA) is 0 Å². The number of hydrogen-bond donors (Lipinski definition) is 0. The lowest BCUT2D eigenvalue weighted by molar-refractivity contribution is 0.943. The third kappa shape index (κ3) is 5.35. The van der Waals surface area contributed by atoms with Crippen LogP contribution in [0.25, 0.3) is 0 Å². The van der Waals surface area contributed by atoms with E-state index in [0.717, 1.165) is 0 Å². The summed E-state index contributed by atoms with van der Waals surface area (Å²) in [4.78, 5) is 0. The molecule has 0 N–H and O–H groups in total. The zero-order valence-corrected chi connectivity index (χ0v) is 13.3. The molecule has 0 amide bonds. The Hall–Kier alpha value is 0.434. The maximum Gasteiger partial charge on any atom is 0.0401 e. The minimum Gasteiger partial charge on any atom is -0.0657 e. The maximum atomic E-state index is 2.40. The van der Waals surface area contributed by atoms with Crippen molar-refractivity contribution in [1.82, 2.24) is 0 Å². The van der Waals surface area contributed by atoms with E-state index in [9.17, 15) is 0 Å². The largest absolute Gasteiger partial charge is 0.0657 e. The van der Waals surface area contributed by atoms with Crippen LogP contribution in [0.2, 0.25) is 24.2 Å². The second-order valence-electron chi connectivity index (χ2n) is 4.85. The highest BCUT2D eigenvalue weighted by molar-refractivity contribution is 7.24. The fourth-order valence-corrected chi connectivity index (χ4v) is 17.4. The molecule has 0 aliphatic carbocycles. The third-order valence-electron chi connectivity index (χ3n) is 3.40. The summed E-state index contributed by atoms with van der Waals surface area (Å²) < 4.78 is 0. The first kappa shape index (κ1) is 14.4. The predicted octanol–water partition coefficient (Wildman–Crippen LogP) is 4.16. The van der Waals surface area contributed by atoms with Gasteiger partial charge in [-0.25, -0.2) is 0 Å². The Morgan fingerprint density at radius 2 is 1.14 bits per heavy atom. The highest BCUT2D eigenvalue weighted by Gasteiger charge is 2.28. The van der Waals surface area contributed by atoms with Gasteiger partial charge in [-0.3, -0.25) is 0 Å². The van der Waals surface area contributed by atoms with E-state index >= 15 is 0 Å². The third-order valence-corrected chi connectivity index (χ3v) is 17.6. The molecule has 0 aromatic rings. The molecule has 0 fully saturated rings. The molecule has 0 radical (unpaired) electrons. The van der Waals surface area contributed by atoms with Crippen LogP contribution in [0.3, 0.4) is 0 Å². The molecule has 0 aliphatic rings. The smallest absolute Gasteiger partial charge is 0.0401 e. The Bertz CT molecular complexity index is 106. The second kappa shape index (κ2) is 8.72. The van der Waals surface area contributed by atoms with Gasteiger partial charge in [-0.2, -0.15) is 0 Å². The van der Waals surface area contributed by atoms with Gasteiger partial charge in [0.2, 0.25) is 0 Å². The van der Waals surface area contributed by atoms with Gasteiger partial charge in [0.15, 0.2) is 0 Å². The fourth-order valence-electron chi connectivity index (χ4n) is 2.89. The molecule has 0 heterocycles. The molecular formula is C12H30Si2. The van der Waals surface area contributed by atoms with Gasteiger partial charge < -0.3 is 0 Å². The number of rotatable bonds is 9. The number of hydrogen-bond acceptors (Lipinski definition) is 0. The SMILES string of the molecule is CCC[SiH2][Si](CCC)(CCC)CCC. The van der Waals surface area contributed by atoms with Crippen molar-refractivity contribution in [3.8, 4) is 0 Å². The average molecular weight is 231 g/mol. The van der Waals surface area contributed by atoms with Gasteiger partial charge >= 0.3 is 0 Å². The van der Waals surface area contributed by atoms with Gasteiger partial charge in [0.05, 0.1) is 0 Å². The van der Waals surface area contributed by atoms with Gasteiger partial charge in [-0.15, -0.1) is 0 Å². The zero-order valence-electron chi connectivity index (χ0n) is 10.9. The van der Waals surface area contributed by atoms with E-state index in [4.69, 9.17) is 0 Å². The Labute approximate surface area is 94.5 Å². The first-order valence-electron chi connectivity index (χ1n) is 6.74. The fraction of sp³-hybridized carbons (Fsp3) is 1.00. The summed E-state index contributed by atoms with van der Waals surface area (Å²) in [5.74, 6) is 0. The summed E-state index contributed by atoms with van der Waals surface area (Å²) in [6.07, 6.45) is 5.84. The van der Waals surface area contributed by atoms with Crippen LogP contribution in [0, 0.1) is 0 Å². The Morgan fingerprint density at radius 3 is 1.43 bits per heavy atom. The van der Waals surface area contributed by atoms with Crippen LogP contribution in [0.15, 0.2) is 0 Å². The highest BCUT2D eigenvalue weighted by Crippen LogP contribution is 2.26. The van der Waals surface area contributed by atoms with E-state index < -0.39 is 7.59 Å². The normalized spacial score (nSPS) is 12.9. The van der Waals surface area contributed by atoms with Crippen LogP contribution in [0.5, 0.6) is 0 Å². The van der Waals surface area contributed by atoms with E-state index in [-0.39, 0.29) is 0 Å². The average Bonchev–Trinajstić information content (AvgIpc) is 2.16. The minimum atomic E-state index is -0.678. The van der Waals surface area contributed by atoms with E-state index in [1.54, 1.807) is 24.2 Å². The Morgan fingerprint density at radius 1 is 0.714 bits per heavy atom. The molecular weight excluding hydrogens is 200 g/mol. The van der Waals surface area contributed by atoms with Crippen LogP contribution >= 0.6 is 0 Å². The van der Waals surface area contributed by atoms with E-state index in [2.05, 4.69) is 27.7 Å². The lowest BCUT2D eigenvalue weighted by Crippen LogP contribution is -2.41. The van der Waals surface area contributed by atoms with Gasteiger partial charge in [0.1, 0.15) is 0 Å². The van der Waals surface area contributed by atoms with E-state index in [1.165, 1.54) is 25.7 Å². The van der Waals surface area contributed by atoms with Crippen molar-refractivity contribution < 1.29 is 0 Å². The molecule has 0 saturated carbocycles. The van der Waals surface area contributed by atoms with Crippen molar-refractivity contribution in [3.05, 3.63) is 0 Å². The van der Waals surface area contributed by atoms with Crippen LogP contribution < -0.4 is 0 Å². The lowest BCUT2D eigenvalue weighted by atomic mass is 10.6. The molecule has 0 saturated heterocycles. The van der Waals surface area contributed by atoms with Gasteiger partial charge in [-0.05, 0) is 0 Å². The Balaban J connectivity index is 4.21. The minimum absolute atomic E-state index is 0.324. The van der Waals surface area contributed by atoms with Crippen molar-refractivity contribution in [2.75, 3.05) is 0 Å². The standard InChI is InChI=1S/C12H30Si2/c1-5-9-13-14(10-6-2,11-7-3)12-8-4/h5-13H2,1-4H3. The quantitative estimate of drug-likeness (QED) is 0.522. The summed E-state index contributed by atoms with van der Waals surface area (Å²) >= 11 is 0. The molecule has 0 spiro atoms. The molecule has 0 bridgehead atoms. The molecule has 0 aromatic heterocycles. The van der Waals surface area contributed by atoms with Crippen molar-refractivity contribution in [3.63, 3.8) is 0 Å². The second-order valence-corrected chi connectivity index (χ2v) is 16.6. The molecule has 0 nitrogen and oxygen atoms in total. The van der Waals surface area contributed by atoms with Crippen LogP contribution in [-0.4, -0.2) is 16.6 Å². The summed E-state index contributed by atoms with van der Waals surface area (Å²) in [6, 6.07) is 6.59. The molecule has 14 heavy (non-hydrogen) atoms. The monoisotopic (exact) mass is 230 g/mol. The van der Waals surface area contributed by atoms with Crippen molar-refractivity contribution >= 4 is 16.6 Å². The zero-order chi connectivity index (χ0) is 10.9. The first-order chi connectivity index (χ1) is 6.74. The molecule has 0 aliphatic heterocycles. The van der Waals surface area contributed by atoms with Crippen LogP contribution in [0.1, 0.15) is 53.4 Å². The van der Waals surface area contributed by atoms with Crippen molar-refractivity contribution in [2.24, 2.45) is 0 Å². The maximum absolute atomic E-state index is 2.40. The van der Waals surface area contributed by atoms with Gasteiger partial charge in [-0.1, -0.05) is 77.6 Å². The van der Waals surface area contributed by atoms with E-state index in [1.807, 2.05) is 0 Å². The lowest BCUT2D eigenvalue weighted by Gasteiger charge is -2.31. The first-order valence-corrected chi connectivity index (χ1v) is 12.7. The van der Waals surface area contributed by atoms with Crippen molar-refractivity contribution in [2.45, 2.75) is 77.6 Å². The molecule has 2 heteroatoms. The van der Waals surface area contributed by atoms with Gasteiger partial charge in [0.25, 0.3) is 0 Å². The summed E-state index contributed by atoms with van der Waals surface area (Å²) in [7, 11) is -0.353. The predicted molar refractivity (Wildman–Crippen MR) is 74.7 cm³/mol. The summed E-state index contributed by atoms with van der Waals surface area (Å²) in [5.41, 5.74) is 0. The highest BCUT2D eigenvalue weighted by atomic mass is 29.2. The summed E-state index contributed by atoms with van der Waals surface area (Å²) in [5, 5.41) is 0. The Kier molecular flexibility index (Phi) is 8.99. The summed E-state index contributed by atoms with van der Waals surface area (Å²) in [6.45, 7) is 9.56. The molecule has 0 atom stereocenters. The van der Waals surface area contributed by atoms with E-state index in [0.29, 0.717) is 9.04 Å². The molecule has 0 unspecified atom stereocenters. The molecule has 0 rings (SSSR count). The molecule has 0 aromatic carbocycles.